The van der Waals surface area contributed by atoms with Crippen LogP contribution < -0.4 is 0 Å². The summed E-state index contributed by atoms with van der Waals surface area (Å²) in [4.78, 5) is 3.20. The Kier molecular flexibility index (Phi) is 2.66. The molecule has 0 amide bonds. The lowest BCUT2D eigenvalue weighted by molar-refractivity contribution is -0.0128. The molecule has 2 nitrogen and oxygen atoms in total. The Morgan fingerprint density at radius 1 is 1.44 bits per heavy atom. The van der Waals surface area contributed by atoms with Crippen LogP contribution >= 0.6 is 22.6 Å². The van der Waals surface area contributed by atoms with Crippen LogP contribution in [0.4, 0.5) is 0 Å². The summed E-state index contributed by atoms with van der Waals surface area (Å²) in [5.74, 6) is 0. The number of alkyl halides is 1. The predicted molar refractivity (Wildman–Crippen MR) is 44.9 cm³/mol. The lowest BCUT2D eigenvalue weighted by Crippen LogP contribution is -2.13. The first kappa shape index (κ1) is 7.22. The van der Waals surface area contributed by atoms with E-state index in [2.05, 4.69) is 27.4 Å². The molecule has 1 fully saturated rings. The third-order valence-corrected chi connectivity index (χ3v) is 2.88. The van der Waals surface area contributed by atoms with Gasteiger partial charge in [-0.1, -0.05) is 22.6 Å². The molecule has 0 aliphatic heterocycles. The maximum atomic E-state index is 8.36. The molecular formula is C6H9IN2. The molecule has 0 unspecified atom stereocenters. The van der Waals surface area contributed by atoms with E-state index in [4.69, 9.17) is 5.53 Å². The smallest absolute Gasteiger partial charge is 0.268 e. The topological polar surface area (TPSA) is 36.4 Å². The van der Waals surface area contributed by atoms with E-state index in [0.29, 0.717) is 0 Å². The summed E-state index contributed by atoms with van der Waals surface area (Å²) < 4.78 is 0.799. The van der Waals surface area contributed by atoms with Gasteiger partial charge < -0.3 is 5.53 Å². The highest BCUT2D eigenvalue weighted by Crippen LogP contribution is 2.21. The Bertz CT molecular complexity index is 139. The van der Waals surface area contributed by atoms with Crippen LogP contribution in [0.1, 0.15) is 25.7 Å². The van der Waals surface area contributed by atoms with Crippen LogP contribution in [0.25, 0.3) is 5.53 Å². The van der Waals surface area contributed by atoms with E-state index in [1.54, 1.807) is 0 Å². The summed E-state index contributed by atoms with van der Waals surface area (Å²) in [6.45, 7) is 0. The molecule has 1 rings (SSSR count). The Morgan fingerprint density at radius 3 is 2.44 bits per heavy atom. The lowest BCUT2D eigenvalue weighted by Gasteiger charge is -2.10. The van der Waals surface area contributed by atoms with E-state index in [1.165, 1.54) is 12.8 Å². The van der Waals surface area contributed by atoms with Gasteiger partial charge in [0.15, 0.2) is 0 Å². The van der Waals surface area contributed by atoms with Gasteiger partial charge in [-0.05, 0) is 12.8 Å². The van der Waals surface area contributed by atoms with Crippen molar-refractivity contribution in [2.75, 3.05) is 0 Å². The van der Waals surface area contributed by atoms with Crippen molar-refractivity contribution in [1.82, 2.24) is 0 Å². The molecule has 0 aromatic carbocycles. The van der Waals surface area contributed by atoms with Crippen LogP contribution in [-0.2, 0) is 0 Å². The minimum absolute atomic E-state index is 0.799. The number of rotatable bonds is 0. The molecule has 1 aliphatic carbocycles. The molecule has 0 spiro atoms. The summed E-state index contributed by atoms with van der Waals surface area (Å²) in [5.41, 5.74) is 9.34. The highest BCUT2D eigenvalue weighted by atomic mass is 127. The van der Waals surface area contributed by atoms with Gasteiger partial charge in [-0.3, -0.25) is 0 Å². The highest BCUT2D eigenvalue weighted by Gasteiger charge is 2.19. The molecule has 3 heteroatoms. The fraction of sp³-hybridized carbons (Fsp3) is 0.833. The summed E-state index contributed by atoms with van der Waals surface area (Å²) >= 11 is 2.45. The number of hydrogen-bond donors (Lipinski definition) is 0. The molecule has 1 saturated carbocycles. The number of halogens is 1. The Morgan fingerprint density at radius 2 is 2.00 bits per heavy atom. The van der Waals surface area contributed by atoms with E-state index in [-0.39, 0.29) is 0 Å². The van der Waals surface area contributed by atoms with Crippen LogP contribution in [-0.4, -0.2) is 14.4 Å². The zero-order chi connectivity index (χ0) is 6.69. The van der Waals surface area contributed by atoms with E-state index >= 15 is 0 Å². The van der Waals surface area contributed by atoms with Gasteiger partial charge in [0.25, 0.3) is 5.71 Å². The van der Waals surface area contributed by atoms with E-state index < -0.39 is 0 Å². The maximum Gasteiger partial charge on any atom is 0.268 e. The van der Waals surface area contributed by atoms with Crippen LogP contribution in [0, 0.1) is 0 Å². The molecule has 0 radical (unpaired) electrons. The Balaban J connectivity index is 2.44. The molecule has 0 atom stereocenters. The molecule has 0 bridgehead atoms. The van der Waals surface area contributed by atoms with Crippen molar-refractivity contribution in [3.63, 3.8) is 0 Å². The van der Waals surface area contributed by atoms with Crippen molar-refractivity contribution >= 4 is 28.3 Å². The van der Waals surface area contributed by atoms with Crippen molar-refractivity contribution < 1.29 is 4.79 Å². The van der Waals surface area contributed by atoms with E-state index in [0.717, 1.165) is 22.5 Å². The van der Waals surface area contributed by atoms with Gasteiger partial charge in [0, 0.05) is 16.8 Å². The first-order chi connectivity index (χ1) is 4.33. The monoisotopic (exact) mass is 236 g/mol. The van der Waals surface area contributed by atoms with Crippen LogP contribution in [0.5, 0.6) is 0 Å². The molecular weight excluding hydrogens is 227 g/mol. The average molecular weight is 236 g/mol. The molecule has 1 aliphatic rings. The Hall–Kier alpha value is 0.110. The minimum atomic E-state index is 0.799. The maximum absolute atomic E-state index is 8.36. The number of nitrogens with zero attached hydrogens (tertiary/aromatic N) is 2. The fourth-order valence-electron chi connectivity index (χ4n) is 1.02. The van der Waals surface area contributed by atoms with E-state index in [9.17, 15) is 0 Å². The SMILES string of the molecule is [N-]=[N+]=C1CCC(I)CC1. The molecule has 0 heterocycles. The second-order valence-electron chi connectivity index (χ2n) is 2.34. The first-order valence-corrected chi connectivity index (χ1v) is 4.41. The van der Waals surface area contributed by atoms with Crippen LogP contribution in [0.3, 0.4) is 0 Å². The quantitative estimate of drug-likeness (QED) is 0.267. The molecule has 9 heavy (non-hydrogen) atoms. The second kappa shape index (κ2) is 3.32. The molecule has 0 aromatic heterocycles. The van der Waals surface area contributed by atoms with Crippen molar-refractivity contribution in [2.45, 2.75) is 29.6 Å². The lowest BCUT2D eigenvalue weighted by atomic mass is 9.99. The fourth-order valence-corrected chi connectivity index (χ4v) is 1.64. The minimum Gasteiger partial charge on any atom is -0.362 e. The van der Waals surface area contributed by atoms with Gasteiger partial charge in [0.2, 0.25) is 0 Å². The zero-order valence-electron chi connectivity index (χ0n) is 5.18. The third kappa shape index (κ3) is 2.06. The second-order valence-corrected chi connectivity index (χ2v) is 4.10. The highest BCUT2D eigenvalue weighted by molar-refractivity contribution is 14.1. The summed E-state index contributed by atoms with van der Waals surface area (Å²) in [6, 6.07) is 0. The largest absolute Gasteiger partial charge is 0.362 e. The summed E-state index contributed by atoms with van der Waals surface area (Å²) in [5, 5.41) is 0. The Labute approximate surface area is 68.4 Å². The van der Waals surface area contributed by atoms with Crippen LogP contribution in [0.2, 0.25) is 0 Å². The predicted octanol–water partition coefficient (Wildman–Crippen LogP) is 2.03. The van der Waals surface area contributed by atoms with Crippen molar-refractivity contribution in [3.05, 3.63) is 5.53 Å². The normalized spacial score (nSPS) is 27.7. The first-order valence-electron chi connectivity index (χ1n) is 3.17. The average Bonchev–Trinajstić information content (AvgIpc) is 1.90. The summed E-state index contributed by atoms with van der Waals surface area (Å²) in [6.07, 6.45) is 4.34. The van der Waals surface area contributed by atoms with Gasteiger partial charge in [0.1, 0.15) is 0 Å². The van der Waals surface area contributed by atoms with Crippen LogP contribution in [0.15, 0.2) is 0 Å². The molecule has 0 aromatic rings. The van der Waals surface area contributed by atoms with Gasteiger partial charge in [-0.25, -0.2) is 0 Å². The number of hydrogen-bond acceptors (Lipinski definition) is 0. The van der Waals surface area contributed by atoms with Gasteiger partial charge in [0.05, 0.1) is 0 Å². The van der Waals surface area contributed by atoms with E-state index in [1.807, 2.05) is 0 Å². The van der Waals surface area contributed by atoms with Gasteiger partial charge in [-0.2, -0.15) is 4.79 Å². The van der Waals surface area contributed by atoms with Gasteiger partial charge in [-0.15, -0.1) is 0 Å². The van der Waals surface area contributed by atoms with Crippen molar-refractivity contribution in [1.29, 1.82) is 0 Å². The van der Waals surface area contributed by atoms with Gasteiger partial charge >= 0.3 is 0 Å². The summed E-state index contributed by atoms with van der Waals surface area (Å²) in [7, 11) is 0. The molecule has 0 N–H and O–H groups in total. The standard InChI is InChI=1S/C6H9IN2/c7-5-1-3-6(9-8)4-2-5/h5H,1-4H2. The van der Waals surface area contributed by atoms with Crippen molar-refractivity contribution in [2.24, 2.45) is 0 Å². The molecule has 0 saturated heterocycles. The zero-order valence-corrected chi connectivity index (χ0v) is 7.34. The van der Waals surface area contributed by atoms with Crippen molar-refractivity contribution in [3.8, 4) is 0 Å². The molecule has 50 valence electrons. The third-order valence-electron chi connectivity index (χ3n) is 1.63.